The summed E-state index contributed by atoms with van der Waals surface area (Å²) in [7, 11) is -0.00243. The van der Waals surface area contributed by atoms with E-state index in [2.05, 4.69) is 43.3 Å². The molecule has 0 bridgehead atoms. The molecule has 1 aliphatic carbocycles. The molecule has 2 aromatic rings. The topological polar surface area (TPSA) is 18.5 Å². The van der Waals surface area contributed by atoms with Crippen LogP contribution in [-0.2, 0) is 15.7 Å². The highest BCUT2D eigenvalue weighted by molar-refractivity contribution is 6.45. The van der Waals surface area contributed by atoms with E-state index in [1.54, 1.807) is 0 Å². The lowest BCUT2D eigenvalue weighted by Gasteiger charge is -2.27. The van der Waals surface area contributed by atoms with Crippen molar-refractivity contribution < 1.29 is 9.31 Å². The number of benzene rings is 2. The van der Waals surface area contributed by atoms with Crippen molar-refractivity contribution in [2.75, 3.05) is 0 Å². The summed E-state index contributed by atoms with van der Waals surface area (Å²) in [6.45, 7) is 2.21. The Morgan fingerprint density at radius 2 is 1.95 bits per heavy atom. The van der Waals surface area contributed by atoms with Crippen LogP contribution in [0, 0.1) is 0 Å². The van der Waals surface area contributed by atoms with Crippen molar-refractivity contribution in [3.8, 4) is 0 Å². The molecule has 0 spiro atoms. The molecule has 3 heteroatoms. The van der Waals surface area contributed by atoms with Crippen LogP contribution in [0.4, 0.5) is 0 Å². The highest BCUT2D eigenvalue weighted by Crippen LogP contribution is 2.41. The van der Waals surface area contributed by atoms with Gasteiger partial charge in [-0.25, -0.2) is 0 Å². The average Bonchev–Trinajstić information content (AvgIpc) is 2.94. The van der Waals surface area contributed by atoms with Crippen molar-refractivity contribution in [1.82, 2.24) is 0 Å². The summed E-state index contributed by atoms with van der Waals surface area (Å²) in [6, 6.07) is 13.2. The quantitative estimate of drug-likeness (QED) is 0.769. The van der Waals surface area contributed by atoms with Gasteiger partial charge in [-0.15, -0.1) is 0 Å². The fourth-order valence-electron chi connectivity index (χ4n) is 3.63. The van der Waals surface area contributed by atoms with Crippen LogP contribution >= 0.6 is 0 Å². The van der Waals surface area contributed by atoms with Crippen molar-refractivity contribution in [2.45, 2.75) is 51.1 Å². The Kier molecular flexibility index (Phi) is 3.48. The zero-order valence-electron chi connectivity index (χ0n) is 12.5. The summed E-state index contributed by atoms with van der Waals surface area (Å²) in [5, 5.41) is 2.63. The van der Waals surface area contributed by atoms with Crippen molar-refractivity contribution in [3.05, 3.63) is 47.5 Å². The van der Waals surface area contributed by atoms with Gasteiger partial charge in [0.1, 0.15) is 0 Å². The monoisotopic (exact) mass is 280 g/mol. The lowest BCUT2D eigenvalue weighted by Crippen LogP contribution is -2.22. The first-order chi connectivity index (χ1) is 10.3. The Balaban J connectivity index is 1.66. The lowest BCUT2D eigenvalue weighted by molar-refractivity contribution is 0.138. The molecule has 1 saturated heterocycles. The molecule has 0 unspecified atom stereocenters. The first-order valence-electron chi connectivity index (χ1n) is 8.17. The maximum Gasteiger partial charge on any atom is 0.457 e. The van der Waals surface area contributed by atoms with Gasteiger partial charge in [0.05, 0.1) is 12.2 Å². The number of hydrogen-bond donors (Lipinski definition) is 0. The molecule has 0 radical (unpaired) electrons. The van der Waals surface area contributed by atoms with Gasteiger partial charge >= 0.3 is 7.12 Å². The number of unbranched alkanes of at least 4 members (excludes halogenated alkanes) is 1. The number of rotatable bonds is 3. The minimum absolute atomic E-state index is 0.00243. The smallest absolute Gasteiger partial charge is 0.405 e. The molecule has 21 heavy (non-hydrogen) atoms. The van der Waals surface area contributed by atoms with E-state index in [-0.39, 0.29) is 19.3 Å². The van der Waals surface area contributed by atoms with Crippen LogP contribution in [0.2, 0.25) is 6.32 Å². The van der Waals surface area contributed by atoms with Gasteiger partial charge in [0, 0.05) is 0 Å². The largest absolute Gasteiger partial charge is 0.457 e. The van der Waals surface area contributed by atoms with Gasteiger partial charge in [-0.3, -0.25) is 0 Å². The second kappa shape index (κ2) is 5.47. The first kappa shape index (κ1) is 13.4. The van der Waals surface area contributed by atoms with Crippen LogP contribution in [0.5, 0.6) is 0 Å². The fourth-order valence-corrected chi connectivity index (χ4v) is 3.63. The fraction of sp³-hybridized carbons (Fsp3) is 0.444. The molecule has 2 atom stereocenters. The van der Waals surface area contributed by atoms with Crippen molar-refractivity contribution in [2.24, 2.45) is 0 Å². The Hall–Kier alpha value is -1.32. The molecule has 0 saturated carbocycles. The Labute approximate surface area is 126 Å². The van der Waals surface area contributed by atoms with Gasteiger partial charge in [-0.05, 0) is 47.1 Å². The molecule has 1 heterocycles. The Morgan fingerprint density at radius 1 is 1.14 bits per heavy atom. The number of aryl methyl sites for hydroxylation is 1. The second-order valence-electron chi connectivity index (χ2n) is 6.24. The first-order valence-corrected chi connectivity index (χ1v) is 8.17. The molecule has 0 amide bonds. The van der Waals surface area contributed by atoms with Crippen LogP contribution in [0.15, 0.2) is 36.4 Å². The zero-order chi connectivity index (χ0) is 14.2. The van der Waals surface area contributed by atoms with E-state index in [0.29, 0.717) is 0 Å². The van der Waals surface area contributed by atoms with E-state index >= 15 is 0 Å². The highest BCUT2D eigenvalue weighted by Gasteiger charge is 2.42. The molecular formula is C18H21BO2. The van der Waals surface area contributed by atoms with Gasteiger partial charge in [-0.2, -0.15) is 0 Å². The van der Waals surface area contributed by atoms with Crippen molar-refractivity contribution in [1.29, 1.82) is 0 Å². The van der Waals surface area contributed by atoms with E-state index in [4.69, 9.17) is 9.31 Å². The third-order valence-electron chi connectivity index (χ3n) is 4.77. The van der Waals surface area contributed by atoms with Crippen LogP contribution in [-0.4, -0.2) is 13.2 Å². The zero-order valence-corrected chi connectivity index (χ0v) is 12.5. The molecular weight excluding hydrogens is 259 g/mol. The number of fused-ring (bicyclic) bond motifs is 4. The third kappa shape index (κ3) is 2.39. The average molecular weight is 280 g/mol. The van der Waals surface area contributed by atoms with E-state index in [9.17, 15) is 0 Å². The van der Waals surface area contributed by atoms with Gasteiger partial charge in [0.15, 0.2) is 0 Å². The van der Waals surface area contributed by atoms with Crippen LogP contribution < -0.4 is 0 Å². The normalized spacial score (nSPS) is 24.1. The molecule has 0 N–H and O–H groups in total. The summed E-state index contributed by atoms with van der Waals surface area (Å²) >= 11 is 0. The highest BCUT2D eigenvalue weighted by atomic mass is 16.7. The van der Waals surface area contributed by atoms with Crippen LogP contribution in [0.25, 0.3) is 10.8 Å². The Bertz CT molecular complexity index is 655. The maximum atomic E-state index is 6.22. The molecule has 2 aromatic carbocycles. The lowest BCUT2D eigenvalue weighted by atomic mass is 9.83. The summed E-state index contributed by atoms with van der Waals surface area (Å²) < 4.78 is 12.3. The summed E-state index contributed by atoms with van der Waals surface area (Å²) in [5.74, 6) is 0. The minimum atomic E-state index is -0.00243. The molecule has 2 aliphatic rings. The molecule has 0 aromatic heterocycles. The van der Waals surface area contributed by atoms with Crippen molar-refractivity contribution in [3.63, 3.8) is 0 Å². The van der Waals surface area contributed by atoms with E-state index in [1.165, 1.54) is 34.7 Å². The SMILES string of the molecule is CCCCB1O[C@@H]2c3cc4ccccc4cc3CC[C@H]2O1. The predicted octanol–water partition coefficient (Wildman–Crippen LogP) is 4.53. The number of hydrogen-bond acceptors (Lipinski definition) is 2. The molecule has 108 valence electrons. The molecule has 4 rings (SSSR count). The Morgan fingerprint density at radius 3 is 2.76 bits per heavy atom. The van der Waals surface area contributed by atoms with Crippen LogP contribution in [0.3, 0.4) is 0 Å². The van der Waals surface area contributed by atoms with Gasteiger partial charge in [-0.1, -0.05) is 50.1 Å². The minimum Gasteiger partial charge on any atom is -0.405 e. The molecule has 2 nitrogen and oxygen atoms in total. The second-order valence-corrected chi connectivity index (χ2v) is 6.24. The summed E-state index contributed by atoms with van der Waals surface area (Å²) in [4.78, 5) is 0. The van der Waals surface area contributed by atoms with E-state index < -0.39 is 0 Å². The van der Waals surface area contributed by atoms with Crippen molar-refractivity contribution >= 4 is 17.9 Å². The maximum absolute atomic E-state index is 6.22. The van der Waals surface area contributed by atoms with Crippen LogP contribution in [0.1, 0.15) is 43.4 Å². The van der Waals surface area contributed by atoms with E-state index in [0.717, 1.165) is 19.2 Å². The van der Waals surface area contributed by atoms with Gasteiger partial charge in [0.25, 0.3) is 0 Å². The van der Waals surface area contributed by atoms with Gasteiger partial charge in [0.2, 0.25) is 0 Å². The molecule has 1 fully saturated rings. The van der Waals surface area contributed by atoms with E-state index in [1.807, 2.05) is 0 Å². The summed E-state index contributed by atoms with van der Waals surface area (Å²) in [5.41, 5.74) is 2.79. The van der Waals surface area contributed by atoms with Gasteiger partial charge < -0.3 is 9.31 Å². The standard InChI is InChI=1S/C18H21BO2/c1-2-3-10-19-20-17-9-8-15-11-13-6-4-5-7-14(13)12-16(15)18(17)21-19/h4-7,11-12,17-18H,2-3,8-10H2,1H3/t17-,18-/m1/s1. The molecule has 1 aliphatic heterocycles. The summed E-state index contributed by atoms with van der Waals surface area (Å²) in [6.07, 6.45) is 5.96. The third-order valence-corrected chi connectivity index (χ3v) is 4.77. The predicted molar refractivity (Wildman–Crippen MR) is 86.4 cm³/mol.